The molecule has 0 spiro atoms. The first-order valence-corrected chi connectivity index (χ1v) is 8.13. The predicted molar refractivity (Wildman–Crippen MR) is 88.8 cm³/mol. The summed E-state index contributed by atoms with van der Waals surface area (Å²) in [7, 11) is 0. The number of aliphatic carboxylic acids is 2. The molecule has 22 heavy (non-hydrogen) atoms. The minimum Gasteiger partial charge on any atom is -0.481 e. The fourth-order valence-electron chi connectivity index (χ4n) is 3.42. The maximum absolute atomic E-state index is 12.3. The third-order valence-corrected chi connectivity index (χ3v) is 4.45. The fourth-order valence-corrected chi connectivity index (χ4v) is 3.42. The lowest BCUT2D eigenvalue weighted by Gasteiger charge is -2.45. The quantitative estimate of drug-likeness (QED) is 0.715. The van der Waals surface area contributed by atoms with E-state index in [1.165, 1.54) is 0 Å². The van der Waals surface area contributed by atoms with E-state index in [1.54, 1.807) is 0 Å². The van der Waals surface area contributed by atoms with Gasteiger partial charge in [0.2, 0.25) is 0 Å². The normalized spacial score (nSPS) is 18.4. The van der Waals surface area contributed by atoms with E-state index < -0.39 is 23.3 Å². The Balaban J connectivity index is 6.17. The predicted octanol–water partition coefficient (Wildman–Crippen LogP) is 4.68. The molecule has 0 rings (SSSR count). The molecule has 0 aromatic carbocycles. The van der Waals surface area contributed by atoms with E-state index in [0.717, 1.165) is 0 Å². The Hall–Kier alpha value is -1.06. The van der Waals surface area contributed by atoms with Crippen LogP contribution in [0.25, 0.3) is 0 Å². The van der Waals surface area contributed by atoms with Gasteiger partial charge in [0.15, 0.2) is 0 Å². The zero-order valence-electron chi connectivity index (χ0n) is 15.5. The first-order chi connectivity index (χ1) is 9.67. The highest BCUT2D eigenvalue weighted by molar-refractivity contribution is 5.84. The maximum atomic E-state index is 12.3. The number of carbonyl (C=O) groups is 2. The minimum atomic E-state index is -1.24. The van der Waals surface area contributed by atoms with Gasteiger partial charge < -0.3 is 10.2 Å². The molecule has 0 fully saturated rings. The molecule has 0 saturated carbocycles. The molecule has 0 aliphatic carbocycles. The van der Waals surface area contributed by atoms with Gasteiger partial charge in [-0.3, -0.25) is 9.59 Å². The van der Waals surface area contributed by atoms with Crippen LogP contribution in [0.4, 0.5) is 0 Å². The highest BCUT2D eigenvalue weighted by Crippen LogP contribution is 2.50. The SMILES string of the molecule is CCC(C)C(CC(C)(C)C)(C(=O)O)C(CC(C)(C)C)C(=O)O. The van der Waals surface area contributed by atoms with E-state index in [1.807, 2.05) is 55.4 Å². The lowest BCUT2D eigenvalue weighted by atomic mass is 9.57. The number of rotatable bonds is 7. The van der Waals surface area contributed by atoms with E-state index in [-0.39, 0.29) is 16.7 Å². The van der Waals surface area contributed by atoms with E-state index in [4.69, 9.17) is 0 Å². The Bertz CT molecular complexity index is 400. The Kier molecular flexibility index (Phi) is 6.67. The highest BCUT2D eigenvalue weighted by atomic mass is 16.4. The van der Waals surface area contributed by atoms with Crippen LogP contribution in [-0.4, -0.2) is 22.2 Å². The van der Waals surface area contributed by atoms with Crippen molar-refractivity contribution < 1.29 is 19.8 Å². The topological polar surface area (TPSA) is 74.6 Å². The summed E-state index contributed by atoms with van der Waals surface area (Å²) in [5.74, 6) is -3.07. The molecule has 0 bridgehead atoms. The molecule has 0 aromatic rings. The number of hydrogen-bond acceptors (Lipinski definition) is 2. The molecule has 2 N–H and O–H groups in total. The van der Waals surface area contributed by atoms with Crippen molar-refractivity contribution in [1.29, 1.82) is 0 Å². The minimum absolute atomic E-state index is 0.201. The second-order valence-corrected chi connectivity index (χ2v) is 9.05. The molecule has 0 amide bonds. The van der Waals surface area contributed by atoms with Gasteiger partial charge in [-0.2, -0.15) is 0 Å². The van der Waals surface area contributed by atoms with Crippen LogP contribution in [0.3, 0.4) is 0 Å². The third-order valence-electron chi connectivity index (χ3n) is 4.45. The molecule has 0 saturated heterocycles. The second kappa shape index (κ2) is 7.01. The van der Waals surface area contributed by atoms with Crippen molar-refractivity contribution in [3.05, 3.63) is 0 Å². The zero-order valence-corrected chi connectivity index (χ0v) is 15.5. The Morgan fingerprint density at radius 3 is 1.64 bits per heavy atom. The summed E-state index contributed by atoms with van der Waals surface area (Å²) in [6.45, 7) is 15.6. The summed E-state index contributed by atoms with van der Waals surface area (Å²) in [6, 6.07) is 0. The van der Waals surface area contributed by atoms with E-state index in [2.05, 4.69) is 0 Å². The van der Waals surface area contributed by atoms with E-state index in [0.29, 0.717) is 19.3 Å². The van der Waals surface area contributed by atoms with E-state index in [9.17, 15) is 19.8 Å². The van der Waals surface area contributed by atoms with Gasteiger partial charge in [-0.15, -0.1) is 0 Å². The van der Waals surface area contributed by atoms with Gasteiger partial charge >= 0.3 is 11.9 Å². The van der Waals surface area contributed by atoms with Crippen molar-refractivity contribution in [2.24, 2.45) is 28.1 Å². The lowest BCUT2D eigenvalue weighted by molar-refractivity contribution is -0.172. The van der Waals surface area contributed by atoms with Gasteiger partial charge in [-0.25, -0.2) is 0 Å². The van der Waals surface area contributed by atoms with Gasteiger partial charge in [0.25, 0.3) is 0 Å². The van der Waals surface area contributed by atoms with Crippen LogP contribution in [0.5, 0.6) is 0 Å². The summed E-state index contributed by atoms with van der Waals surface area (Å²) in [4.78, 5) is 24.2. The second-order valence-electron chi connectivity index (χ2n) is 9.05. The highest BCUT2D eigenvalue weighted by Gasteiger charge is 2.54. The van der Waals surface area contributed by atoms with Crippen LogP contribution in [0.1, 0.15) is 74.7 Å². The Morgan fingerprint density at radius 2 is 1.41 bits per heavy atom. The van der Waals surface area contributed by atoms with Crippen LogP contribution in [0, 0.1) is 28.1 Å². The summed E-state index contributed by atoms with van der Waals surface area (Å²) in [5.41, 5.74) is -1.74. The van der Waals surface area contributed by atoms with Crippen molar-refractivity contribution >= 4 is 11.9 Å². The number of hydrogen-bond donors (Lipinski definition) is 2. The van der Waals surface area contributed by atoms with Gasteiger partial charge in [-0.1, -0.05) is 61.8 Å². The largest absolute Gasteiger partial charge is 0.481 e. The molecule has 4 nitrogen and oxygen atoms in total. The zero-order chi connectivity index (χ0) is 17.9. The van der Waals surface area contributed by atoms with Crippen molar-refractivity contribution in [3.63, 3.8) is 0 Å². The average Bonchev–Trinajstić information content (AvgIpc) is 2.29. The van der Waals surface area contributed by atoms with Crippen molar-refractivity contribution in [2.75, 3.05) is 0 Å². The van der Waals surface area contributed by atoms with Crippen molar-refractivity contribution in [1.82, 2.24) is 0 Å². The van der Waals surface area contributed by atoms with Gasteiger partial charge in [0.1, 0.15) is 0 Å². The molecule has 0 aliphatic rings. The molecular weight excluding hydrogens is 280 g/mol. The third kappa shape index (κ3) is 5.29. The lowest BCUT2D eigenvalue weighted by Crippen LogP contribution is -2.50. The molecule has 0 aliphatic heterocycles. The molecule has 0 heterocycles. The first kappa shape index (κ1) is 20.9. The van der Waals surface area contributed by atoms with Crippen LogP contribution in [0.2, 0.25) is 0 Å². The van der Waals surface area contributed by atoms with Crippen molar-refractivity contribution in [2.45, 2.75) is 74.7 Å². The Morgan fingerprint density at radius 1 is 0.955 bits per heavy atom. The molecule has 0 radical (unpaired) electrons. The smallest absolute Gasteiger partial charge is 0.310 e. The summed E-state index contributed by atoms with van der Waals surface area (Å²) < 4.78 is 0. The van der Waals surface area contributed by atoms with E-state index >= 15 is 0 Å². The molecule has 3 atom stereocenters. The molecule has 130 valence electrons. The maximum Gasteiger partial charge on any atom is 0.310 e. The van der Waals surface area contributed by atoms with Crippen LogP contribution in [0.15, 0.2) is 0 Å². The molecular formula is C18H34O4. The van der Waals surface area contributed by atoms with Crippen LogP contribution >= 0.6 is 0 Å². The summed E-state index contributed by atoms with van der Waals surface area (Å²) in [6.07, 6.45) is 1.36. The monoisotopic (exact) mass is 314 g/mol. The summed E-state index contributed by atoms with van der Waals surface area (Å²) >= 11 is 0. The molecule has 0 aromatic heterocycles. The standard InChI is InChI=1S/C18H34O4/c1-9-12(2)18(15(21)22,11-17(6,7)8)13(14(19)20)10-16(3,4)5/h12-13H,9-11H2,1-8H3,(H,19,20)(H,21,22). The molecule has 3 unspecified atom stereocenters. The Labute approximate surface area is 135 Å². The van der Waals surface area contributed by atoms with Gasteiger partial charge in [0, 0.05) is 0 Å². The fraction of sp³-hybridized carbons (Fsp3) is 0.889. The van der Waals surface area contributed by atoms with Crippen LogP contribution < -0.4 is 0 Å². The molecule has 4 heteroatoms. The number of carboxylic acids is 2. The first-order valence-electron chi connectivity index (χ1n) is 8.13. The average molecular weight is 314 g/mol. The number of carboxylic acid groups (broad SMARTS) is 2. The van der Waals surface area contributed by atoms with Gasteiger partial charge in [0.05, 0.1) is 11.3 Å². The summed E-state index contributed by atoms with van der Waals surface area (Å²) in [5, 5.41) is 19.8. The van der Waals surface area contributed by atoms with Crippen LogP contribution in [-0.2, 0) is 9.59 Å². The van der Waals surface area contributed by atoms with Gasteiger partial charge in [-0.05, 0) is 29.6 Å². The van der Waals surface area contributed by atoms with Crippen molar-refractivity contribution in [3.8, 4) is 0 Å².